The minimum absolute atomic E-state index is 0.630. The molecule has 0 aliphatic heterocycles. The summed E-state index contributed by atoms with van der Waals surface area (Å²) in [6.45, 7) is 0. The highest BCUT2D eigenvalue weighted by Gasteiger charge is 2.20. The third-order valence-corrected chi connectivity index (χ3v) is 11.4. The molecule has 3 nitrogen and oxygen atoms in total. The Labute approximate surface area is 297 Å². The number of hydrogen-bond acceptors (Lipinski definition) is 3. The number of benzene rings is 8. The molecule has 0 bridgehead atoms. The first kappa shape index (κ1) is 28.4. The van der Waals surface area contributed by atoms with Crippen molar-refractivity contribution in [2.45, 2.75) is 0 Å². The Morgan fingerprint density at radius 3 is 2.08 bits per heavy atom. The van der Waals surface area contributed by atoms with Gasteiger partial charge in [0.1, 0.15) is 5.52 Å². The summed E-state index contributed by atoms with van der Waals surface area (Å²) in [5, 5.41) is 7.31. The van der Waals surface area contributed by atoms with Crippen LogP contribution in [0.25, 0.3) is 103 Å². The van der Waals surface area contributed by atoms with Crippen LogP contribution in [0.3, 0.4) is 0 Å². The van der Waals surface area contributed by atoms with Crippen LogP contribution in [0, 0.1) is 0 Å². The highest BCUT2D eigenvalue weighted by Crippen LogP contribution is 2.45. The van der Waals surface area contributed by atoms with Crippen molar-refractivity contribution in [1.29, 1.82) is 0 Å². The molecule has 8 aromatic carbocycles. The Morgan fingerprint density at radius 1 is 0.490 bits per heavy atom. The molecule has 0 unspecified atom stereocenters. The van der Waals surface area contributed by atoms with Crippen LogP contribution in [0.4, 0.5) is 0 Å². The van der Waals surface area contributed by atoms with E-state index in [0.717, 1.165) is 38.9 Å². The van der Waals surface area contributed by atoms with E-state index in [1.54, 1.807) is 0 Å². The minimum Gasteiger partial charge on any atom is -0.435 e. The molecule has 0 radical (unpaired) electrons. The first-order valence-corrected chi connectivity index (χ1v) is 18.0. The first-order chi connectivity index (χ1) is 25.3. The van der Waals surface area contributed by atoms with Crippen LogP contribution in [0.1, 0.15) is 0 Å². The van der Waals surface area contributed by atoms with Crippen LogP contribution in [0.5, 0.6) is 0 Å². The second-order valence-electron chi connectivity index (χ2n) is 13.2. The lowest BCUT2D eigenvalue weighted by Gasteiger charge is -2.10. The van der Waals surface area contributed by atoms with Crippen molar-refractivity contribution < 1.29 is 4.42 Å². The number of rotatable bonds is 4. The van der Waals surface area contributed by atoms with E-state index in [-0.39, 0.29) is 0 Å². The Bertz CT molecular complexity index is 3130. The minimum atomic E-state index is 0.630. The van der Waals surface area contributed by atoms with Crippen LogP contribution in [-0.4, -0.2) is 9.55 Å². The third-order valence-electron chi connectivity index (χ3n) is 10.2. The van der Waals surface area contributed by atoms with Gasteiger partial charge in [0.2, 0.25) is 5.89 Å². The summed E-state index contributed by atoms with van der Waals surface area (Å²) in [5.41, 5.74) is 10.9. The maximum atomic E-state index is 6.65. The molecule has 3 heterocycles. The van der Waals surface area contributed by atoms with Gasteiger partial charge in [-0.2, -0.15) is 0 Å². The molecule has 3 aromatic heterocycles. The second kappa shape index (κ2) is 11.0. The molecule has 0 fully saturated rings. The Kier molecular flexibility index (Phi) is 6.12. The highest BCUT2D eigenvalue weighted by molar-refractivity contribution is 7.26. The number of hydrogen-bond donors (Lipinski definition) is 0. The van der Waals surface area contributed by atoms with Crippen LogP contribution < -0.4 is 0 Å². The topological polar surface area (TPSA) is 31.0 Å². The van der Waals surface area contributed by atoms with Crippen molar-refractivity contribution in [3.05, 3.63) is 170 Å². The number of thiophene rings is 1. The van der Waals surface area contributed by atoms with E-state index in [2.05, 4.69) is 174 Å². The Balaban J connectivity index is 1.03. The van der Waals surface area contributed by atoms with E-state index in [1.165, 1.54) is 58.5 Å². The largest absolute Gasteiger partial charge is 0.435 e. The summed E-state index contributed by atoms with van der Waals surface area (Å²) in [4.78, 5) is 5.07. The molecule has 0 aliphatic carbocycles. The summed E-state index contributed by atoms with van der Waals surface area (Å²) in [7, 11) is 0. The number of para-hydroxylation sites is 1. The molecule has 0 spiro atoms. The molecule has 0 saturated heterocycles. The standard InChI is InChI=1S/C47H28N2OS/c1-2-11-31(12-3-1)39-28-40-45(44-38-15-7-9-17-43(38)51-46(39)44)50-47(48-40)32-20-18-30(19-21-32)34-23-25-37-36-14-6-8-16-41(36)49(42(37)27-34)35-24-22-29-10-4-5-13-33(29)26-35/h1-28H. The Hall–Kier alpha value is -6.49. The van der Waals surface area contributed by atoms with Gasteiger partial charge in [0, 0.05) is 47.8 Å². The zero-order chi connectivity index (χ0) is 33.5. The van der Waals surface area contributed by atoms with E-state index < -0.39 is 0 Å². The zero-order valence-electron chi connectivity index (χ0n) is 27.4. The van der Waals surface area contributed by atoms with Crippen molar-refractivity contribution >= 4 is 75.2 Å². The smallest absolute Gasteiger partial charge is 0.227 e. The molecule has 4 heteroatoms. The molecule has 238 valence electrons. The van der Waals surface area contributed by atoms with Gasteiger partial charge in [-0.15, -0.1) is 11.3 Å². The van der Waals surface area contributed by atoms with Crippen LogP contribution in [0.2, 0.25) is 0 Å². The fourth-order valence-corrected chi connectivity index (χ4v) is 9.01. The van der Waals surface area contributed by atoms with Gasteiger partial charge in [0.15, 0.2) is 5.58 Å². The number of oxazole rings is 1. The number of aromatic nitrogens is 2. The van der Waals surface area contributed by atoms with E-state index >= 15 is 0 Å². The molecular formula is C47H28N2OS. The average Bonchev–Trinajstić information content (AvgIpc) is 3.89. The molecule has 0 aliphatic rings. The van der Waals surface area contributed by atoms with Gasteiger partial charge in [-0.3, -0.25) is 0 Å². The summed E-state index contributed by atoms with van der Waals surface area (Å²) in [6, 6.07) is 60.8. The number of fused-ring (bicyclic) bond motifs is 9. The van der Waals surface area contributed by atoms with Crippen LogP contribution >= 0.6 is 11.3 Å². The van der Waals surface area contributed by atoms with E-state index in [0.29, 0.717) is 5.89 Å². The molecule has 11 rings (SSSR count). The van der Waals surface area contributed by atoms with Gasteiger partial charge >= 0.3 is 0 Å². The monoisotopic (exact) mass is 668 g/mol. The number of nitrogens with zero attached hydrogens (tertiary/aromatic N) is 2. The van der Waals surface area contributed by atoms with Crippen molar-refractivity contribution in [3.63, 3.8) is 0 Å². The van der Waals surface area contributed by atoms with E-state index in [1.807, 2.05) is 11.3 Å². The molecule has 51 heavy (non-hydrogen) atoms. The summed E-state index contributed by atoms with van der Waals surface area (Å²) >= 11 is 1.81. The SMILES string of the molecule is c1ccc(-c2cc3nc(-c4ccc(-c5ccc6c7ccccc7n(-c7ccc8ccccc8c7)c6c5)cc4)oc3c3c2sc2ccccc23)cc1. The fourth-order valence-electron chi connectivity index (χ4n) is 7.78. The molecule has 0 amide bonds. The molecule has 0 N–H and O–H groups in total. The average molecular weight is 669 g/mol. The molecule has 0 atom stereocenters. The highest BCUT2D eigenvalue weighted by atomic mass is 32.1. The van der Waals surface area contributed by atoms with Gasteiger partial charge in [-0.05, 0) is 76.0 Å². The lowest BCUT2D eigenvalue weighted by molar-refractivity contribution is 0.623. The summed E-state index contributed by atoms with van der Waals surface area (Å²) in [5.74, 6) is 0.630. The predicted molar refractivity (Wildman–Crippen MR) is 215 cm³/mol. The maximum Gasteiger partial charge on any atom is 0.227 e. The van der Waals surface area contributed by atoms with E-state index in [4.69, 9.17) is 9.40 Å². The van der Waals surface area contributed by atoms with Gasteiger partial charge in [0.05, 0.1) is 11.0 Å². The van der Waals surface area contributed by atoms with Crippen molar-refractivity contribution in [1.82, 2.24) is 9.55 Å². The normalized spacial score (nSPS) is 11.9. The zero-order valence-corrected chi connectivity index (χ0v) is 28.2. The second-order valence-corrected chi connectivity index (χ2v) is 14.2. The van der Waals surface area contributed by atoms with Crippen LogP contribution in [-0.2, 0) is 0 Å². The third kappa shape index (κ3) is 4.40. The first-order valence-electron chi connectivity index (χ1n) is 17.2. The van der Waals surface area contributed by atoms with Crippen molar-refractivity contribution in [3.8, 4) is 39.4 Å². The Morgan fingerprint density at radius 2 is 1.20 bits per heavy atom. The van der Waals surface area contributed by atoms with Crippen molar-refractivity contribution in [2.24, 2.45) is 0 Å². The van der Waals surface area contributed by atoms with Crippen molar-refractivity contribution in [2.75, 3.05) is 0 Å². The fraction of sp³-hybridized carbons (Fsp3) is 0. The molecule has 0 saturated carbocycles. The van der Waals surface area contributed by atoms with Gasteiger partial charge in [-0.1, -0.05) is 121 Å². The summed E-state index contributed by atoms with van der Waals surface area (Å²) < 4.78 is 11.5. The quantitative estimate of drug-likeness (QED) is 0.187. The summed E-state index contributed by atoms with van der Waals surface area (Å²) in [6.07, 6.45) is 0. The predicted octanol–water partition coefficient (Wildman–Crippen LogP) is 13.4. The van der Waals surface area contributed by atoms with E-state index in [9.17, 15) is 0 Å². The molecular weight excluding hydrogens is 641 g/mol. The van der Waals surface area contributed by atoms with Gasteiger partial charge in [0.25, 0.3) is 0 Å². The molecule has 11 aromatic rings. The van der Waals surface area contributed by atoms with Crippen LogP contribution in [0.15, 0.2) is 174 Å². The van der Waals surface area contributed by atoms with Gasteiger partial charge < -0.3 is 8.98 Å². The lowest BCUT2D eigenvalue weighted by Crippen LogP contribution is -1.94. The van der Waals surface area contributed by atoms with Gasteiger partial charge in [-0.25, -0.2) is 4.98 Å². The maximum absolute atomic E-state index is 6.65. The lowest BCUT2D eigenvalue weighted by atomic mass is 10.0.